The zero-order chi connectivity index (χ0) is 30.1. The van der Waals surface area contributed by atoms with Crippen molar-refractivity contribution in [2.24, 2.45) is 0 Å². The van der Waals surface area contributed by atoms with Crippen molar-refractivity contribution in [1.29, 1.82) is 0 Å². The van der Waals surface area contributed by atoms with Crippen LogP contribution in [-0.2, 0) is 11.3 Å². The predicted molar refractivity (Wildman–Crippen MR) is 180 cm³/mol. The number of likely N-dealkylation sites (tertiary alicyclic amines) is 1. The van der Waals surface area contributed by atoms with Crippen LogP contribution in [0.4, 0.5) is 0 Å². The van der Waals surface area contributed by atoms with Gasteiger partial charge in [-0.15, -0.1) is 11.3 Å². The third-order valence-electron chi connectivity index (χ3n) is 7.99. The van der Waals surface area contributed by atoms with E-state index in [0.717, 1.165) is 94.6 Å². The number of nitrogens with zero attached hydrogens (tertiary/aromatic N) is 1. The highest BCUT2D eigenvalue weighted by Gasteiger charge is 2.20. The molecule has 1 saturated heterocycles. The number of thiophene rings is 1. The maximum absolute atomic E-state index is 6.60. The molecule has 6 rings (SSSR count). The molecule has 0 spiro atoms. The van der Waals surface area contributed by atoms with E-state index in [-0.39, 0.29) is 0 Å². The van der Waals surface area contributed by atoms with Gasteiger partial charge in [0, 0.05) is 36.3 Å². The van der Waals surface area contributed by atoms with Crippen molar-refractivity contribution in [3.8, 4) is 33.4 Å². The SMILES string of the molecule is CCCOC1CCN(CCOc2ccc(Oc3c(-c4ccc(C)cc4)sc4cc(OCc5ccccc5)ccc34)cc2)CC1. The van der Waals surface area contributed by atoms with E-state index in [2.05, 4.69) is 67.3 Å². The van der Waals surface area contributed by atoms with Gasteiger partial charge in [0.2, 0.25) is 0 Å². The summed E-state index contributed by atoms with van der Waals surface area (Å²) < 4.78 is 25.9. The maximum atomic E-state index is 6.60. The Kier molecular flexibility index (Phi) is 10.1. The molecule has 1 aliphatic heterocycles. The van der Waals surface area contributed by atoms with Gasteiger partial charge >= 0.3 is 0 Å². The fourth-order valence-corrected chi connectivity index (χ4v) is 6.64. The first-order chi connectivity index (χ1) is 21.6. The second kappa shape index (κ2) is 14.8. The standard InChI is InChI=1S/C38H41NO4S/c1-3-24-40-32-19-21-39(22-20-32)23-25-41-31-13-15-33(16-14-31)43-37-35-18-17-34(42-27-29-7-5-4-6-8-29)26-36(35)44-38(37)30-11-9-28(2)10-12-30/h4-18,26,32H,3,19-25,27H2,1-2H3. The minimum absolute atomic E-state index is 0.418. The molecule has 0 radical (unpaired) electrons. The summed E-state index contributed by atoms with van der Waals surface area (Å²) in [5.41, 5.74) is 3.52. The normalized spacial score (nSPS) is 14.1. The number of rotatable bonds is 13. The summed E-state index contributed by atoms with van der Waals surface area (Å²) in [4.78, 5) is 3.57. The molecule has 228 valence electrons. The molecule has 1 fully saturated rings. The van der Waals surface area contributed by atoms with Gasteiger partial charge in [-0.25, -0.2) is 0 Å². The smallest absolute Gasteiger partial charge is 0.153 e. The van der Waals surface area contributed by atoms with Gasteiger partial charge < -0.3 is 18.9 Å². The van der Waals surface area contributed by atoms with E-state index in [1.54, 1.807) is 11.3 Å². The highest BCUT2D eigenvalue weighted by molar-refractivity contribution is 7.22. The monoisotopic (exact) mass is 607 g/mol. The summed E-state index contributed by atoms with van der Waals surface area (Å²) in [5, 5.41) is 1.07. The van der Waals surface area contributed by atoms with Gasteiger partial charge in [-0.1, -0.05) is 67.1 Å². The number of ether oxygens (including phenoxy) is 4. The molecule has 5 aromatic rings. The summed E-state index contributed by atoms with van der Waals surface area (Å²) in [5.74, 6) is 3.35. The number of aryl methyl sites for hydroxylation is 1. The van der Waals surface area contributed by atoms with Crippen molar-refractivity contribution in [1.82, 2.24) is 4.90 Å². The Morgan fingerprint density at radius 2 is 1.50 bits per heavy atom. The van der Waals surface area contributed by atoms with Crippen LogP contribution in [0, 0.1) is 6.92 Å². The van der Waals surface area contributed by atoms with Gasteiger partial charge in [0.25, 0.3) is 0 Å². The van der Waals surface area contributed by atoms with Crippen LogP contribution in [0.3, 0.4) is 0 Å². The minimum atomic E-state index is 0.418. The molecule has 6 heteroatoms. The molecular formula is C38H41NO4S. The lowest BCUT2D eigenvalue weighted by Crippen LogP contribution is -2.39. The van der Waals surface area contributed by atoms with Gasteiger partial charge in [0.1, 0.15) is 30.5 Å². The molecule has 0 aliphatic carbocycles. The van der Waals surface area contributed by atoms with E-state index in [1.165, 1.54) is 5.56 Å². The molecule has 2 heterocycles. The number of hydrogen-bond acceptors (Lipinski definition) is 6. The van der Waals surface area contributed by atoms with Crippen LogP contribution in [0.2, 0.25) is 0 Å². The minimum Gasteiger partial charge on any atom is -0.492 e. The highest BCUT2D eigenvalue weighted by atomic mass is 32.1. The molecular weight excluding hydrogens is 566 g/mol. The zero-order valence-corrected chi connectivity index (χ0v) is 26.5. The molecule has 0 amide bonds. The topological polar surface area (TPSA) is 40.2 Å². The Labute approximate surface area is 265 Å². The van der Waals surface area contributed by atoms with Crippen LogP contribution in [0.15, 0.2) is 97.1 Å². The van der Waals surface area contributed by atoms with Crippen LogP contribution in [0.25, 0.3) is 20.5 Å². The van der Waals surface area contributed by atoms with E-state index in [4.69, 9.17) is 18.9 Å². The number of fused-ring (bicyclic) bond motifs is 1. The third kappa shape index (κ3) is 7.81. The van der Waals surface area contributed by atoms with Gasteiger partial charge in [0.05, 0.1) is 11.0 Å². The fourth-order valence-electron chi connectivity index (χ4n) is 5.48. The summed E-state index contributed by atoms with van der Waals surface area (Å²) >= 11 is 1.73. The van der Waals surface area contributed by atoms with Crippen LogP contribution in [0.5, 0.6) is 23.0 Å². The average molecular weight is 608 g/mol. The summed E-state index contributed by atoms with van der Waals surface area (Å²) in [6.07, 6.45) is 3.72. The van der Waals surface area contributed by atoms with Gasteiger partial charge in [-0.05, 0) is 79.8 Å². The Balaban J connectivity index is 1.12. The zero-order valence-electron chi connectivity index (χ0n) is 25.7. The molecule has 4 aromatic carbocycles. The van der Waals surface area contributed by atoms with Crippen molar-refractivity contribution in [3.63, 3.8) is 0 Å². The second-order valence-corrected chi connectivity index (χ2v) is 12.4. The van der Waals surface area contributed by atoms with Crippen molar-refractivity contribution in [2.45, 2.75) is 45.8 Å². The predicted octanol–water partition coefficient (Wildman–Crippen LogP) is 9.52. The Hall–Kier alpha value is -3.84. The Morgan fingerprint density at radius 1 is 0.773 bits per heavy atom. The van der Waals surface area contributed by atoms with E-state index in [9.17, 15) is 0 Å². The van der Waals surface area contributed by atoms with Crippen LogP contribution in [0.1, 0.15) is 37.3 Å². The van der Waals surface area contributed by atoms with E-state index < -0.39 is 0 Å². The van der Waals surface area contributed by atoms with E-state index in [1.807, 2.05) is 48.5 Å². The lowest BCUT2D eigenvalue weighted by atomic mass is 10.1. The van der Waals surface area contributed by atoms with Crippen LogP contribution in [-0.4, -0.2) is 43.9 Å². The largest absolute Gasteiger partial charge is 0.492 e. The quantitative estimate of drug-likeness (QED) is 0.133. The molecule has 1 aliphatic rings. The molecule has 0 atom stereocenters. The molecule has 0 N–H and O–H groups in total. The number of benzene rings is 4. The Morgan fingerprint density at radius 3 is 2.25 bits per heavy atom. The van der Waals surface area contributed by atoms with Gasteiger partial charge in [-0.2, -0.15) is 0 Å². The first-order valence-corrected chi connectivity index (χ1v) is 16.5. The summed E-state index contributed by atoms with van der Waals surface area (Å²) in [7, 11) is 0. The summed E-state index contributed by atoms with van der Waals surface area (Å²) in [6.45, 7) is 9.42. The van der Waals surface area contributed by atoms with Crippen molar-refractivity contribution in [2.75, 3.05) is 32.8 Å². The number of hydrogen-bond donors (Lipinski definition) is 0. The number of piperidine rings is 1. The van der Waals surface area contributed by atoms with Crippen molar-refractivity contribution in [3.05, 3.63) is 108 Å². The van der Waals surface area contributed by atoms with Crippen molar-refractivity contribution >= 4 is 21.4 Å². The van der Waals surface area contributed by atoms with Gasteiger partial charge in [0.15, 0.2) is 5.75 Å². The first-order valence-electron chi connectivity index (χ1n) is 15.7. The third-order valence-corrected chi connectivity index (χ3v) is 9.17. The molecule has 0 unspecified atom stereocenters. The molecule has 5 nitrogen and oxygen atoms in total. The average Bonchev–Trinajstić information content (AvgIpc) is 3.42. The lowest BCUT2D eigenvalue weighted by molar-refractivity contribution is 0.00578. The van der Waals surface area contributed by atoms with Crippen LogP contribution < -0.4 is 14.2 Å². The molecule has 44 heavy (non-hydrogen) atoms. The first kappa shape index (κ1) is 30.2. The van der Waals surface area contributed by atoms with E-state index in [0.29, 0.717) is 19.3 Å². The Bertz CT molecular complexity index is 1610. The molecule has 0 saturated carbocycles. The van der Waals surface area contributed by atoms with Gasteiger partial charge in [-0.3, -0.25) is 4.90 Å². The summed E-state index contributed by atoms with van der Waals surface area (Å²) in [6, 6.07) is 33.1. The fraction of sp³-hybridized carbons (Fsp3) is 0.316. The van der Waals surface area contributed by atoms with Crippen molar-refractivity contribution < 1.29 is 18.9 Å². The highest BCUT2D eigenvalue weighted by Crippen LogP contribution is 2.47. The van der Waals surface area contributed by atoms with E-state index >= 15 is 0 Å². The molecule has 0 bridgehead atoms. The maximum Gasteiger partial charge on any atom is 0.153 e. The second-order valence-electron chi connectivity index (χ2n) is 11.4. The van der Waals surface area contributed by atoms with Crippen LogP contribution >= 0.6 is 11.3 Å². The molecule has 1 aromatic heterocycles. The lowest BCUT2D eigenvalue weighted by Gasteiger charge is -2.31.